The highest BCUT2D eigenvalue weighted by Gasteiger charge is 2.18. The molecular formula is C19H23NO2. The van der Waals surface area contributed by atoms with Crippen LogP contribution in [0.25, 0.3) is 0 Å². The number of carbonyl (C=O) groups is 1. The van der Waals surface area contributed by atoms with Crippen LogP contribution in [0, 0.1) is 13.8 Å². The predicted octanol–water partition coefficient (Wildman–Crippen LogP) is 3.03. The lowest BCUT2D eigenvalue weighted by molar-refractivity contribution is 0.0851. The third-order valence-corrected chi connectivity index (χ3v) is 3.86. The topological polar surface area (TPSA) is 49.3 Å². The molecule has 0 bridgehead atoms. The maximum atomic E-state index is 12.4. The third kappa shape index (κ3) is 4.18. The fourth-order valence-corrected chi connectivity index (χ4v) is 2.39. The summed E-state index contributed by atoms with van der Waals surface area (Å²) in [5, 5.41) is 13.2. The van der Waals surface area contributed by atoms with E-state index in [-0.39, 0.29) is 11.9 Å². The zero-order chi connectivity index (χ0) is 16.1. The number of hydrogen-bond acceptors (Lipinski definition) is 2. The number of aliphatic hydroxyl groups is 1. The van der Waals surface area contributed by atoms with E-state index >= 15 is 0 Å². The normalized spacial score (nSPS) is 13.5. The Bertz CT molecular complexity index is 637. The Morgan fingerprint density at radius 1 is 1.14 bits per heavy atom. The van der Waals surface area contributed by atoms with Gasteiger partial charge < -0.3 is 10.4 Å². The second kappa shape index (κ2) is 7.23. The van der Waals surface area contributed by atoms with Gasteiger partial charge in [-0.2, -0.15) is 0 Å². The summed E-state index contributed by atoms with van der Waals surface area (Å²) < 4.78 is 0. The number of rotatable bonds is 5. The van der Waals surface area contributed by atoms with Gasteiger partial charge in [0.25, 0.3) is 5.91 Å². The van der Waals surface area contributed by atoms with Gasteiger partial charge in [-0.05, 0) is 38.0 Å². The highest BCUT2D eigenvalue weighted by Crippen LogP contribution is 2.12. The van der Waals surface area contributed by atoms with Gasteiger partial charge in [-0.25, -0.2) is 0 Å². The second-order valence-electron chi connectivity index (χ2n) is 5.84. The molecule has 2 unspecified atom stereocenters. The van der Waals surface area contributed by atoms with Gasteiger partial charge in [0.1, 0.15) is 0 Å². The van der Waals surface area contributed by atoms with Crippen molar-refractivity contribution in [3.05, 3.63) is 70.8 Å². The first-order valence-electron chi connectivity index (χ1n) is 7.57. The molecule has 0 aliphatic rings. The van der Waals surface area contributed by atoms with Crippen molar-refractivity contribution in [1.29, 1.82) is 0 Å². The van der Waals surface area contributed by atoms with Gasteiger partial charge in [-0.3, -0.25) is 4.79 Å². The van der Waals surface area contributed by atoms with E-state index in [2.05, 4.69) is 5.32 Å². The Labute approximate surface area is 132 Å². The molecule has 2 aromatic rings. The minimum absolute atomic E-state index is 0.138. The maximum absolute atomic E-state index is 12.4. The molecule has 3 heteroatoms. The summed E-state index contributed by atoms with van der Waals surface area (Å²) in [5.41, 5.74) is 3.71. The van der Waals surface area contributed by atoms with Crippen LogP contribution in [0.5, 0.6) is 0 Å². The summed E-state index contributed by atoms with van der Waals surface area (Å²) in [5.74, 6) is -0.138. The van der Waals surface area contributed by atoms with E-state index in [0.717, 1.165) is 16.7 Å². The lowest BCUT2D eigenvalue weighted by Crippen LogP contribution is -2.42. The molecule has 0 aromatic heterocycles. The molecule has 0 heterocycles. The molecule has 2 N–H and O–H groups in total. The van der Waals surface area contributed by atoms with Gasteiger partial charge in [0.05, 0.1) is 12.1 Å². The first-order valence-corrected chi connectivity index (χ1v) is 7.57. The molecule has 0 fully saturated rings. The lowest BCUT2D eigenvalue weighted by atomic mass is 10.0. The van der Waals surface area contributed by atoms with E-state index in [0.29, 0.717) is 12.0 Å². The van der Waals surface area contributed by atoms with Crippen LogP contribution < -0.4 is 5.32 Å². The van der Waals surface area contributed by atoms with E-state index in [1.165, 1.54) is 0 Å². The molecule has 2 aromatic carbocycles. The molecular weight excluding hydrogens is 274 g/mol. The van der Waals surface area contributed by atoms with Crippen LogP contribution in [0.1, 0.15) is 34.0 Å². The number of aryl methyl sites for hydroxylation is 2. The molecule has 1 amide bonds. The number of benzene rings is 2. The van der Waals surface area contributed by atoms with Crippen molar-refractivity contribution in [3.8, 4) is 0 Å². The molecule has 0 saturated heterocycles. The van der Waals surface area contributed by atoms with Crippen LogP contribution in [0.2, 0.25) is 0 Å². The average molecular weight is 297 g/mol. The number of hydrogen-bond donors (Lipinski definition) is 2. The van der Waals surface area contributed by atoms with Crippen LogP contribution in [0.4, 0.5) is 0 Å². The summed E-state index contributed by atoms with van der Waals surface area (Å²) >= 11 is 0. The van der Waals surface area contributed by atoms with Gasteiger partial charge in [0.2, 0.25) is 0 Å². The molecule has 3 nitrogen and oxygen atoms in total. The van der Waals surface area contributed by atoms with E-state index in [1.54, 1.807) is 0 Å². The average Bonchev–Trinajstić information content (AvgIpc) is 2.50. The summed E-state index contributed by atoms with van der Waals surface area (Å²) in [6.07, 6.45) is -0.0915. The SMILES string of the molecule is Cc1ccc(C)c(C(=O)NC(C)C(O)Cc2ccccc2)c1. The highest BCUT2D eigenvalue weighted by molar-refractivity contribution is 5.96. The Hall–Kier alpha value is -2.13. The van der Waals surface area contributed by atoms with E-state index in [9.17, 15) is 9.90 Å². The van der Waals surface area contributed by atoms with Gasteiger partial charge in [0.15, 0.2) is 0 Å². The smallest absolute Gasteiger partial charge is 0.251 e. The zero-order valence-corrected chi connectivity index (χ0v) is 13.3. The zero-order valence-electron chi connectivity index (χ0n) is 13.3. The van der Waals surface area contributed by atoms with Crippen molar-refractivity contribution in [2.45, 2.75) is 39.3 Å². The Kier molecular flexibility index (Phi) is 5.34. The van der Waals surface area contributed by atoms with Crippen LogP contribution in [-0.2, 0) is 6.42 Å². The highest BCUT2D eigenvalue weighted by atomic mass is 16.3. The van der Waals surface area contributed by atoms with Gasteiger partial charge in [-0.15, -0.1) is 0 Å². The molecule has 22 heavy (non-hydrogen) atoms. The minimum atomic E-state index is -0.614. The first kappa shape index (κ1) is 16.2. The predicted molar refractivity (Wildman–Crippen MR) is 89.0 cm³/mol. The van der Waals surface area contributed by atoms with Gasteiger partial charge >= 0.3 is 0 Å². The summed E-state index contributed by atoms with van der Waals surface area (Å²) in [4.78, 5) is 12.4. The largest absolute Gasteiger partial charge is 0.391 e. The van der Waals surface area contributed by atoms with E-state index in [1.807, 2.05) is 69.3 Å². The molecule has 2 atom stereocenters. The summed E-state index contributed by atoms with van der Waals surface area (Å²) in [6.45, 7) is 5.71. The Morgan fingerprint density at radius 3 is 2.50 bits per heavy atom. The standard InChI is InChI=1S/C19H23NO2/c1-13-9-10-14(2)17(11-13)19(22)20-15(3)18(21)12-16-7-5-4-6-8-16/h4-11,15,18,21H,12H2,1-3H3,(H,20,22). The first-order chi connectivity index (χ1) is 10.5. The maximum Gasteiger partial charge on any atom is 0.251 e. The van der Waals surface area contributed by atoms with Crippen LogP contribution in [0.15, 0.2) is 48.5 Å². The van der Waals surface area contributed by atoms with Crippen molar-refractivity contribution < 1.29 is 9.90 Å². The number of amides is 1. The van der Waals surface area contributed by atoms with Crippen LogP contribution >= 0.6 is 0 Å². The van der Waals surface area contributed by atoms with Crippen LogP contribution in [0.3, 0.4) is 0 Å². The van der Waals surface area contributed by atoms with Crippen molar-refractivity contribution in [2.24, 2.45) is 0 Å². The number of nitrogens with one attached hydrogen (secondary N) is 1. The molecule has 0 saturated carbocycles. The molecule has 0 aliphatic carbocycles. The van der Waals surface area contributed by atoms with Gasteiger partial charge in [-0.1, -0.05) is 48.0 Å². The summed E-state index contributed by atoms with van der Waals surface area (Å²) in [6, 6.07) is 15.3. The fourth-order valence-electron chi connectivity index (χ4n) is 2.39. The third-order valence-electron chi connectivity index (χ3n) is 3.86. The Morgan fingerprint density at radius 2 is 1.82 bits per heavy atom. The van der Waals surface area contributed by atoms with Crippen molar-refractivity contribution in [3.63, 3.8) is 0 Å². The minimum Gasteiger partial charge on any atom is -0.391 e. The second-order valence-corrected chi connectivity index (χ2v) is 5.84. The molecule has 0 spiro atoms. The van der Waals surface area contributed by atoms with E-state index in [4.69, 9.17) is 0 Å². The van der Waals surface area contributed by atoms with Crippen molar-refractivity contribution >= 4 is 5.91 Å². The fraction of sp³-hybridized carbons (Fsp3) is 0.316. The Balaban J connectivity index is 2.00. The molecule has 0 radical (unpaired) electrons. The van der Waals surface area contributed by atoms with E-state index < -0.39 is 6.10 Å². The van der Waals surface area contributed by atoms with Crippen molar-refractivity contribution in [2.75, 3.05) is 0 Å². The number of carbonyl (C=O) groups excluding carboxylic acids is 1. The number of aliphatic hydroxyl groups excluding tert-OH is 1. The lowest BCUT2D eigenvalue weighted by Gasteiger charge is -2.21. The van der Waals surface area contributed by atoms with Crippen LogP contribution in [-0.4, -0.2) is 23.2 Å². The monoisotopic (exact) mass is 297 g/mol. The summed E-state index contributed by atoms with van der Waals surface area (Å²) in [7, 11) is 0. The molecule has 116 valence electrons. The quantitative estimate of drug-likeness (QED) is 0.891. The molecule has 2 rings (SSSR count). The van der Waals surface area contributed by atoms with Crippen molar-refractivity contribution in [1.82, 2.24) is 5.32 Å². The molecule has 0 aliphatic heterocycles. The van der Waals surface area contributed by atoms with Gasteiger partial charge in [0, 0.05) is 12.0 Å².